The van der Waals surface area contributed by atoms with Gasteiger partial charge in [-0.25, -0.2) is 14.8 Å². The molecule has 4 rings (SSSR count). The summed E-state index contributed by atoms with van der Waals surface area (Å²) < 4.78 is 41.9. The number of thiazole rings is 1. The van der Waals surface area contributed by atoms with Crippen LogP contribution in [0.25, 0.3) is 32.6 Å². The molecule has 1 aromatic carbocycles. The average Bonchev–Trinajstić information content (AvgIpc) is 3.44. The minimum atomic E-state index is -4.64. The number of hydrogen-bond acceptors (Lipinski definition) is 7. The van der Waals surface area contributed by atoms with Crippen LogP contribution in [0, 0.1) is 5.92 Å². The molecule has 0 radical (unpaired) electrons. The van der Waals surface area contributed by atoms with Crippen molar-refractivity contribution in [2.45, 2.75) is 33.5 Å². The number of aromatic nitrogens is 3. The fourth-order valence-electron chi connectivity index (χ4n) is 4.31. The number of benzene rings is 1. The minimum absolute atomic E-state index is 0.00697. The molecule has 0 unspecified atom stereocenters. The van der Waals surface area contributed by atoms with Crippen LogP contribution >= 0.6 is 11.3 Å². The molecular formula is C28H29F3N6O4S. The second-order valence-corrected chi connectivity index (χ2v) is 10.6. The molecule has 0 fully saturated rings. The largest absolute Gasteiger partial charge is 0.434 e. The number of aliphatic hydroxyl groups is 1. The van der Waals surface area contributed by atoms with Crippen molar-refractivity contribution in [3.8, 4) is 21.7 Å². The van der Waals surface area contributed by atoms with Gasteiger partial charge in [-0.2, -0.15) is 13.2 Å². The van der Waals surface area contributed by atoms with Crippen molar-refractivity contribution < 1.29 is 27.9 Å². The molecule has 10 nitrogen and oxygen atoms in total. The van der Waals surface area contributed by atoms with Crippen molar-refractivity contribution in [3.05, 3.63) is 63.5 Å². The van der Waals surface area contributed by atoms with Crippen LogP contribution in [0.1, 0.15) is 36.8 Å². The van der Waals surface area contributed by atoms with Crippen LogP contribution in [0.15, 0.2) is 46.8 Å². The third-order valence-corrected chi connectivity index (χ3v) is 6.98. The Morgan fingerprint density at radius 1 is 1.14 bits per heavy atom. The fraction of sp³-hybridized carbons (Fsp3) is 0.321. The van der Waals surface area contributed by atoms with Gasteiger partial charge in [-0.1, -0.05) is 19.9 Å². The second kappa shape index (κ2) is 12.7. The first-order chi connectivity index (χ1) is 19.9. The topological polar surface area (TPSA) is 138 Å². The third-order valence-electron chi connectivity index (χ3n) is 6.10. The number of amides is 3. The number of nitrogens with zero attached hydrogens (tertiary/aromatic N) is 3. The predicted molar refractivity (Wildman–Crippen MR) is 155 cm³/mol. The molecule has 3 aromatic heterocycles. The van der Waals surface area contributed by atoms with Crippen LogP contribution in [0.4, 0.5) is 23.8 Å². The van der Waals surface area contributed by atoms with Crippen LogP contribution in [0.2, 0.25) is 0 Å². The number of carbonyl (C=O) groups is 2. The van der Waals surface area contributed by atoms with E-state index in [-0.39, 0.29) is 40.8 Å². The Labute approximate surface area is 242 Å². The summed E-state index contributed by atoms with van der Waals surface area (Å²) in [6.07, 6.45) is -1.74. The van der Waals surface area contributed by atoms with Gasteiger partial charge >= 0.3 is 12.2 Å². The molecule has 4 aromatic rings. The number of urea groups is 1. The Balaban J connectivity index is 1.90. The molecule has 14 heteroatoms. The van der Waals surface area contributed by atoms with Crippen LogP contribution in [-0.2, 0) is 12.7 Å². The number of nitrogens with one attached hydrogen (secondary N) is 3. The van der Waals surface area contributed by atoms with E-state index in [0.717, 1.165) is 16.7 Å². The summed E-state index contributed by atoms with van der Waals surface area (Å²) in [5.41, 5.74) is 0.156. The van der Waals surface area contributed by atoms with Crippen LogP contribution in [-0.4, -0.2) is 51.3 Å². The Morgan fingerprint density at radius 3 is 2.55 bits per heavy atom. The van der Waals surface area contributed by atoms with E-state index in [1.807, 2.05) is 13.8 Å². The van der Waals surface area contributed by atoms with E-state index >= 15 is 0 Å². The van der Waals surface area contributed by atoms with Crippen molar-refractivity contribution in [2.75, 3.05) is 25.0 Å². The van der Waals surface area contributed by atoms with Gasteiger partial charge in [0, 0.05) is 53.9 Å². The number of pyridine rings is 2. The average molecular weight is 603 g/mol. The summed E-state index contributed by atoms with van der Waals surface area (Å²) in [6.45, 7) is 6.22. The maximum atomic E-state index is 13.4. The van der Waals surface area contributed by atoms with Gasteiger partial charge in [-0.3, -0.25) is 14.9 Å². The molecule has 4 N–H and O–H groups in total. The lowest BCUT2D eigenvalue weighted by Crippen LogP contribution is -2.32. The van der Waals surface area contributed by atoms with Gasteiger partial charge in [0.25, 0.3) is 5.91 Å². The maximum absolute atomic E-state index is 13.4. The molecule has 0 bridgehead atoms. The molecule has 3 heterocycles. The minimum Gasteiger partial charge on any atom is -0.395 e. The fourth-order valence-corrected chi connectivity index (χ4v) is 5.16. The summed E-state index contributed by atoms with van der Waals surface area (Å²) in [5, 5.41) is 17.9. The van der Waals surface area contributed by atoms with Crippen LogP contribution in [0.5, 0.6) is 0 Å². The lowest BCUT2D eigenvalue weighted by molar-refractivity contribution is -0.140. The number of halogens is 3. The van der Waals surface area contributed by atoms with Gasteiger partial charge in [-0.15, -0.1) is 11.3 Å². The summed E-state index contributed by atoms with van der Waals surface area (Å²) in [7, 11) is 0. The zero-order valence-electron chi connectivity index (χ0n) is 23.0. The predicted octanol–water partition coefficient (Wildman–Crippen LogP) is 4.73. The normalized spacial score (nSPS) is 11.6. The quantitative estimate of drug-likeness (QED) is 0.219. The molecule has 0 aliphatic rings. The molecule has 0 aliphatic carbocycles. The van der Waals surface area contributed by atoms with Gasteiger partial charge in [0.1, 0.15) is 16.4 Å². The number of anilines is 1. The lowest BCUT2D eigenvalue weighted by Gasteiger charge is -2.17. The molecule has 222 valence electrons. The Kier molecular flexibility index (Phi) is 9.27. The second-order valence-electron chi connectivity index (χ2n) is 9.76. The molecule has 0 aliphatic heterocycles. The van der Waals surface area contributed by atoms with E-state index in [1.54, 1.807) is 29.7 Å². The summed E-state index contributed by atoms with van der Waals surface area (Å²) >= 11 is 0.801. The van der Waals surface area contributed by atoms with Gasteiger partial charge in [-0.05, 0) is 36.6 Å². The highest BCUT2D eigenvalue weighted by molar-refractivity contribution is 7.13. The summed E-state index contributed by atoms with van der Waals surface area (Å²) in [4.78, 5) is 46.1. The highest BCUT2D eigenvalue weighted by Crippen LogP contribution is 2.39. The number of alkyl halides is 3. The van der Waals surface area contributed by atoms with Crippen LogP contribution < -0.4 is 21.4 Å². The highest BCUT2D eigenvalue weighted by Gasteiger charge is 2.34. The zero-order valence-corrected chi connectivity index (χ0v) is 23.8. The van der Waals surface area contributed by atoms with Gasteiger partial charge in [0.2, 0.25) is 5.43 Å². The maximum Gasteiger partial charge on any atom is 0.434 e. The lowest BCUT2D eigenvalue weighted by atomic mass is 9.99. The molecule has 42 heavy (non-hydrogen) atoms. The molecule has 0 saturated heterocycles. The number of fused-ring (bicyclic) bond motifs is 1. The molecule has 0 spiro atoms. The number of aliphatic hydroxyl groups excluding tert-OH is 1. The van der Waals surface area contributed by atoms with Crippen molar-refractivity contribution in [3.63, 3.8) is 0 Å². The SMILES string of the molecule is CCNC(=O)Nc1cc(-c2nc(C(F)(F)F)cs2)c(-c2ccc3c(=O)c(C(=O)NCCO)cn(CC(C)C)c3c2)cn1. The van der Waals surface area contributed by atoms with E-state index in [4.69, 9.17) is 5.11 Å². The number of hydrogen-bond donors (Lipinski definition) is 4. The Bertz CT molecular complexity index is 1680. The molecule has 3 amide bonds. The number of carbonyl (C=O) groups excluding carboxylic acids is 2. The molecule has 0 atom stereocenters. The van der Waals surface area contributed by atoms with Gasteiger partial charge in [0.05, 0.1) is 12.1 Å². The van der Waals surface area contributed by atoms with Crippen molar-refractivity contribution in [2.24, 2.45) is 5.92 Å². The summed E-state index contributed by atoms with van der Waals surface area (Å²) in [5.74, 6) is -0.358. The van der Waals surface area contributed by atoms with E-state index in [0.29, 0.717) is 35.3 Å². The first kappa shape index (κ1) is 30.7. The highest BCUT2D eigenvalue weighted by atomic mass is 32.1. The van der Waals surface area contributed by atoms with E-state index in [2.05, 4.69) is 25.9 Å². The van der Waals surface area contributed by atoms with E-state index < -0.39 is 29.2 Å². The first-order valence-corrected chi connectivity index (χ1v) is 14.0. The molecular weight excluding hydrogens is 573 g/mol. The van der Waals surface area contributed by atoms with Crippen LogP contribution in [0.3, 0.4) is 0 Å². The van der Waals surface area contributed by atoms with Crippen molar-refractivity contribution >= 4 is 40.0 Å². The summed E-state index contributed by atoms with van der Waals surface area (Å²) in [6, 6.07) is 5.81. The van der Waals surface area contributed by atoms with E-state index in [9.17, 15) is 27.6 Å². The smallest absolute Gasteiger partial charge is 0.395 e. The van der Waals surface area contributed by atoms with Crippen molar-refractivity contribution in [1.82, 2.24) is 25.2 Å². The van der Waals surface area contributed by atoms with Crippen molar-refractivity contribution in [1.29, 1.82) is 0 Å². The first-order valence-electron chi connectivity index (χ1n) is 13.1. The third kappa shape index (κ3) is 6.77. The zero-order chi connectivity index (χ0) is 30.6. The standard InChI is InChI=1S/C28H29F3N6O4S/c1-4-32-27(41)36-23-10-18(26-35-22(14-42-26)28(29,30)31)19(11-34-23)16-5-6-17-21(9-16)37(12-15(2)3)13-20(24(17)39)25(40)33-7-8-38/h5-6,9-11,13-15,38H,4,7-8,12H2,1-3H3,(H,33,40)(H2,32,34,36,41). The number of rotatable bonds is 9. The van der Waals surface area contributed by atoms with Gasteiger partial charge < -0.3 is 20.3 Å². The van der Waals surface area contributed by atoms with Gasteiger partial charge in [0.15, 0.2) is 5.69 Å². The Hall–Kier alpha value is -4.30. The monoisotopic (exact) mass is 602 g/mol. The van der Waals surface area contributed by atoms with E-state index in [1.165, 1.54) is 18.5 Å². The Morgan fingerprint density at radius 2 is 1.90 bits per heavy atom. The molecule has 0 saturated carbocycles.